The molecule has 6 heteroatoms. The third-order valence-corrected chi connectivity index (χ3v) is 3.22. The summed E-state index contributed by atoms with van der Waals surface area (Å²) in [4.78, 5) is 23.4. The van der Waals surface area contributed by atoms with Gasteiger partial charge >= 0.3 is 11.9 Å². The monoisotopic (exact) mass is 400 g/mol. The number of esters is 2. The molecule has 0 fully saturated rings. The molecule has 0 rings (SSSR count). The van der Waals surface area contributed by atoms with Crippen LogP contribution in [0.1, 0.15) is 46.5 Å². The highest BCUT2D eigenvalue weighted by atomic mass is 79.9. The van der Waals surface area contributed by atoms with Crippen molar-refractivity contribution in [1.29, 1.82) is 0 Å². The van der Waals surface area contributed by atoms with E-state index in [0.29, 0.717) is 22.5 Å². The van der Waals surface area contributed by atoms with Crippen LogP contribution in [0.5, 0.6) is 0 Å². The molecular weight excluding hydrogens is 380 g/mol. The number of alkyl halides is 2. The number of rotatable bonds is 9. The van der Waals surface area contributed by atoms with Gasteiger partial charge in [0.15, 0.2) is 0 Å². The minimum Gasteiger partial charge on any atom is -0.462 e. The van der Waals surface area contributed by atoms with Gasteiger partial charge in [0.2, 0.25) is 0 Å². The van der Waals surface area contributed by atoms with Crippen LogP contribution in [0.25, 0.3) is 0 Å². The molecule has 0 radical (unpaired) electrons. The minimum absolute atomic E-state index is 0.116. The van der Waals surface area contributed by atoms with Crippen molar-refractivity contribution in [2.24, 2.45) is 0 Å². The van der Waals surface area contributed by atoms with E-state index >= 15 is 0 Å². The molecule has 19 heavy (non-hydrogen) atoms. The van der Waals surface area contributed by atoms with Gasteiger partial charge in [-0.05, 0) is 19.8 Å². The van der Waals surface area contributed by atoms with E-state index in [1.807, 2.05) is 13.8 Å². The van der Waals surface area contributed by atoms with Gasteiger partial charge < -0.3 is 9.47 Å². The Balaban J connectivity index is 3.71. The van der Waals surface area contributed by atoms with Crippen molar-refractivity contribution in [1.82, 2.24) is 0 Å². The number of hydrogen-bond acceptors (Lipinski definition) is 4. The van der Waals surface area contributed by atoms with Gasteiger partial charge in [-0.25, -0.2) is 0 Å². The maximum Gasteiger partial charge on any atom is 0.306 e. The fraction of sp³-hybridized carbons (Fsp3) is 0.846. The van der Waals surface area contributed by atoms with E-state index in [2.05, 4.69) is 31.9 Å². The Morgan fingerprint density at radius 2 is 1.42 bits per heavy atom. The SMILES string of the molecule is CC(Br)CCC(=O)OCC(C)OC(=O)CCC(C)Br. The Morgan fingerprint density at radius 3 is 1.89 bits per heavy atom. The molecule has 0 saturated heterocycles. The minimum atomic E-state index is -0.400. The molecular formula is C13H22Br2O4. The topological polar surface area (TPSA) is 52.6 Å². The van der Waals surface area contributed by atoms with Gasteiger partial charge in [0.1, 0.15) is 12.7 Å². The Labute approximate surface area is 131 Å². The molecule has 0 N–H and O–H groups in total. The molecule has 0 amide bonds. The highest BCUT2D eigenvalue weighted by Gasteiger charge is 2.13. The molecule has 0 aliphatic carbocycles. The first-order chi connectivity index (χ1) is 8.81. The first-order valence-corrected chi connectivity index (χ1v) is 8.27. The van der Waals surface area contributed by atoms with Crippen molar-refractivity contribution in [3.05, 3.63) is 0 Å². The van der Waals surface area contributed by atoms with Crippen LogP contribution < -0.4 is 0 Å². The average molecular weight is 402 g/mol. The van der Waals surface area contributed by atoms with Crippen LogP contribution in [0.3, 0.4) is 0 Å². The number of hydrogen-bond donors (Lipinski definition) is 0. The Hall–Kier alpha value is -0.100. The largest absolute Gasteiger partial charge is 0.462 e. The van der Waals surface area contributed by atoms with Crippen LogP contribution in [0.15, 0.2) is 0 Å². The molecule has 0 aromatic heterocycles. The number of carbonyl (C=O) groups is 2. The summed E-state index contributed by atoms with van der Waals surface area (Å²) in [6.45, 7) is 5.78. The summed E-state index contributed by atoms with van der Waals surface area (Å²) in [6, 6.07) is 0. The summed E-state index contributed by atoms with van der Waals surface area (Å²) in [5.74, 6) is -0.521. The van der Waals surface area contributed by atoms with Crippen LogP contribution in [0.2, 0.25) is 0 Å². The van der Waals surface area contributed by atoms with Crippen molar-refractivity contribution in [3.63, 3.8) is 0 Å². The molecule has 0 bridgehead atoms. The third kappa shape index (κ3) is 12.7. The third-order valence-electron chi connectivity index (χ3n) is 2.30. The van der Waals surface area contributed by atoms with Crippen molar-refractivity contribution < 1.29 is 19.1 Å². The predicted octanol–water partition coefficient (Wildman–Crippen LogP) is 3.59. The fourth-order valence-corrected chi connectivity index (χ4v) is 1.69. The highest BCUT2D eigenvalue weighted by Crippen LogP contribution is 2.09. The van der Waals surface area contributed by atoms with E-state index in [9.17, 15) is 9.59 Å². The average Bonchev–Trinajstić information content (AvgIpc) is 2.31. The van der Waals surface area contributed by atoms with Gasteiger partial charge in [-0.3, -0.25) is 9.59 Å². The van der Waals surface area contributed by atoms with Crippen LogP contribution in [-0.2, 0) is 19.1 Å². The standard InChI is InChI=1S/C13H22Br2O4/c1-9(14)4-6-12(16)18-8-11(3)19-13(17)7-5-10(2)15/h9-11H,4-8H2,1-3H3. The van der Waals surface area contributed by atoms with Crippen LogP contribution in [-0.4, -0.2) is 34.3 Å². The molecule has 0 saturated carbocycles. The van der Waals surface area contributed by atoms with Crippen molar-refractivity contribution >= 4 is 43.8 Å². The van der Waals surface area contributed by atoms with Crippen LogP contribution in [0.4, 0.5) is 0 Å². The van der Waals surface area contributed by atoms with Gasteiger partial charge in [0.25, 0.3) is 0 Å². The van der Waals surface area contributed by atoms with Crippen LogP contribution in [0, 0.1) is 0 Å². The molecule has 4 nitrogen and oxygen atoms in total. The summed E-state index contributed by atoms with van der Waals surface area (Å²) in [6.07, 6.45) is 1.80. The maximum absolute atomic E-state index is 11.4. The second-order valence-corrected chi connectivity index (χ2v) is 7.75. The summed E-state index contributed by atoms with van der Waals surface area (Å²) in [5, 5.41) is 0. The van der Waals surface area contributed by atoms with Gasteiger partial charge in [0, 0.05) is 22.5 Å². The summed E-state index contributed by atoms with van der Waals surface area (Å²) >= 11 is 6.73. The molecule has 0 aromatic rings. The molecule has 3 atom stereocenters. The molecule has 0 spiro atoms. The smallest absolute Gasteiger partial charge is 0.306 e. The van der Waals surface area contributed by atoms with Crippen molar-refractivity contribution in [3.8, 4) is 0 Å². The van der Waals surface area contributed by atoms with Gasteiger partial charge in [-0.2, -0.15) is 0 Å². The molecule has 0 aromatic carbocycles. The first-order valence-electron chi connectivity index (χ1n) is 6.44. The fourth-order valence-electron chi connectivity index (χ4n) is 1.23. The zero-order valence-corrected chi connectivity index (χ0v) is 14.8. The second kappa shape index (κ2) is 10.7. The zero-order chi connectivity index (χ0) is 14.8. The van der Waals surface area contributed by atoms with Gasteiger partial charge in [-0.1, -0.05) is 45.7 Å². The highest BCUT2D eigenvalue weighted by molar-refractivity contribution is 9.09. The normalized spacial score (nSPS) is 15.4. The number of ether oxygens (including phenoxy) is 2. The predicted molar refractivity (Wildman–Crippen MR) is 81.8 cm³/mol. The number of carbonyl (C=O) groups excluding carboxylic acids is 2. The summed E-state index contributed by atoms with van der Waals surface area (Å²) in [7, 11) is 0. The van der Waals surface area contributed by atoms with E-state index in [-0.39, 0.29) is 18.5 Å². The zero-order valence-electron chi connectivity index (χ0n) is 11.7. The number of halogens is 2. The van der Waals surface area contributed by atoms with E-state index in [1.54, 1.807) is 6.92 Å². The van der Waals surface area contributed by atoms with Gasteiger partial charge in [-0.15, -0.1) is 0 Å². The molecule has 0 aliphatic rings. The molecule has 112 valence electrons. The van der Waals surface area contributed by atoms with Crippen molar-refractivity contribution in [2.45, 2.75) is 62.2 Å². The second-order valence-electron chi connectivity index (χ2n) is 4.62. The summed E-state index contributed by atoms with van der Waals surface area (Å²) in [5.41, 5.74) is 0. The Morgan fingerprint density at radius 1 is 0.947 bits per heavy atom. The lowest BCUT2D eigenvalue weighted by Gasteiger charge is -2.14. The van der Waals surface area contributed by atoms with E-state index in [1.165, 1.54) is 0 Å². The lowest BCUT2D eigenvalue weighted by molar-refractivity contribution is -0.158. The molecule has 0 heterocycles. The van der Waals surface area contributed by atoms with E-state index < -0.39 is 6.10 Å². The van der Waals surface area contributed by atoms with Gasteiger partial charge in [0.05, 0.1) is 0 Å². The molecule has 3 unspecified atom stereocenters. The summed E-state index contributed by atoms with van der Waals surface area (Å²) < 4.78 is 10.2. The quantitative estimate of drug-likeness (QED) is 0.437. The Kier molecular flexibility index (Phi) is 10.6. The van der Waals surface area contributed by atoms with Crippen LogP contribution >= 0.6 is 31.9 Å². The lowest BCUT2D eigenvalue weighted by Crippen LogP contribution is -2.22. The maximum atomic E-state index is 11.4. The van der Waals surface area contributed by atoms with Crippen molar-refractivity contribution in [2.75, 3.05) is 6.61 Å². The first kappa shape index (κ1) is 18.9. The molecule has 0 aliphatic heterocycles. The Bertz CT molecular complexity index is 280. The lowest BCUT2D eigenvalue weighted by atomic mass is 10.2. The van der Waals surface area contributed by atoms with E-state index in [0.717, 1.165) is 12.8 Å². The van der Waals surface area contributed by atoms with E-state index in [4.69, 9.17) is 9.47 Å².